The molecule has 1 amide bonds. The fraction of sp³-hybridized carbons (Fsp3) is 0.462. The van der Waals surface area contributed by atoms with Gasteiger partial charge >= 0.3 is 0 Å². The Labute approximate surface area is 114 Å². The second-order valence-electron chi connectivity index (χ2n) is 4.28. The lowest BCUT2D eigenvalue weighted by Gasteiger charge is -2.31. The number of hydrogen-bond donors (Lipinski definition) is 2. The van der Waals surface area contributed by atoms with Crippen LogP contribution in [0.15, 0.2) is 24.3 Å². The first kappa shape index (κ1) is 14.8. The average molecular weight is 270 g/mol. The van der Waals surface area contributed by atoms with Crippen LogP contribution in [0, 0.1) is 0 Å². The van der Waals surface area contributed by atoms with Crippen molar-refractivity contribution in [1.82, 2.24) is 10.6 Å². The monoisotopic (exact) mass is 269 g/mol. The lowest BCUT2D eigenvalue weighted by atomic mass is 10.1. The minimum absolute atomic E-state index is 0. The molecule has 0 atom stereocenters. The van der Waals surface area contributed by atoms with Gasteiger partial charge in [0.1, 0.15) is 0 Å². The zero-order valence-electron chi connectivity index (χ0n) is 10.6. The SMILES string of the molecule is CC(=O)NCc1ccccc1N1CCNCC1.Cl. The van der Waals surface area contributed by atoms with Crippen molar-refractivity contribution in [3.63, 3.8) is 0 Å². The van der Waals surface area contributed by atoms with Crippen molar-refractivity contribution in [2.75, 3.05) is 31.1 Å². The molecule has 0 saturated carbocycles. The number of benzene rings is 1. The van der Waals surface area contributed by atoms with Crippen molar-refractivity contribution in [1.29, 1.82) is 0 Å². The Bertz CT molecular complexity index is 392. The molecule has 0 spiro atoms. The predicted octanol–water partition coefficient (Wildman–Crippen LogP) is 1.15. The van der Waals surface area contributed by atoms with Crippen LogP contribution in [0.1, 0.15) is 12.5 Å². The Balaban J connectivity index is 0.00000162. The first-order valence-corrected chi connectivity index (χ1v) is 6.05. The maximum atomic E-state index is 11.0. The minimum Gasteiger partial charge on any atom is -0.369 e. The van der Waals surface area contributed by atoms with E-state index in [1.165, 1.54) is 11.3 Å². The summed E-state index contributed by atoms with van der Waals surface area (Å²) in [4.78, 5) is 13.3. The molecule has 4 nitrogen and oxygen atoms in total. The van der Waals surface area contributed by atoms with E-state index in [9.17, 15) is 4.79 Å². The molecule has 1 fully saturated rings. The lowest BCUT2D eigenvalue weighted by Crippen LogP contribution is -2.44. The van der Waals surface area contributed by atoms with E-state index in [0.717, 1.165) is 26.2 Å². The molecule has 1 aromatic carbocycles. The number of carbonyl (C=O) groups excluding carboxylic acids is 1. The van der Waals surface area contributed by atoms with E-state index in [2.05, 4.69) is 33.7 Å². The first-order valence-electron chi connectivity index (χ1n) is 6.05. The van der Waals surface area contributed by atoms with Gasteiger partial charge in [-0.2, -0.15) is 0 Å². The molecule has 0 bridgehead atoms. The number of piperazine rings is 1. The molecule has 0 unspecified atom stereocenters. The van der Waals surface area contributed by atoms with Crippen molar-refractivity contribution < 1.29 is 4.79 Å². The molecule has 1 heterocycles. The van der Waals surface area contributed by atoms with Gasteiger partial charge in [-0.05, 0) is 11.6 Å². The molecule has 0 aliphatic carbocycles. The second kappa shape index (κ2) is 7.24. The summed E-state index contributed by atoms with van der Waals surface area (Å²) in [6, 6.07) is 8.27. The summed E-state index contributed by atoms with van der Waals surface area (Å²) >= 11 is 0. The zero-order valence-corrected chi connectivity index (χ0v) is 11.4. The standard InChI is InChI=1S/C13H19N3O.ClH/c1-11(17)15-10-12-4-2-3-5-13(12)16-8-6-14-7-9-16;/h2-5,14H,6-10H2,1H3,(H,15,17);1H. The summed E-state index contributed by atoms with van der Waals surface area (Å²) in [6.07, 6.45) is 0. The third-order valence-corrected chi connectivity index (χ3v) is 2.98. The molecule has 100 valence electrons. The van der Waals surface area contributed by atoms with E-state index in [1.807, 2.05) is 6.07 Å². The van der Waals surface area contributed by atoms with Crippen LogP contribution in [0.25, 0.3) is 0 Å². The molecule has 0 aromatic heterocycles. The number of amides is 1. The third kappa shape index (κ3) is 3.89. The van der Waals surface area contributed by atoms with Gasteiger partial charge in [0.2, 0.25) is 5.91 Å². The van der Waals surface area contributed by atoms with Crippen LogP contribution >= 0.6 is 12.4 Å². The number of hydrogen-bond acceptors (Lipinski definition) is 3. The normalized spacial score (nSPS) is 14.8. The average Bonchev–Trinajstić information content (AvgIpc) is 2.38. The fourth-order valence-electron chi connectivity index (χ4n) is 2.09. The highest BCUT2D eigenvalue weighted by Crippen LogP contribution is 2.20. The highest BCUT2D eigenvalue weighted by atomic mass is 35.5. The van der Waals surface area contributed by atoms with Crippen LogP contribution in [0.5, 0.6) is 0 Å². The molecule has 1 aromatic rings. The maximum absolute atomic E-state index is 11.0. The minimum atomic E-state index is 0. The Morgan fingerprint density at radius 3 is 2.67 bits per heavy atom. The summed E-state index contributed by atoms with van der Waals surface area (Å²) in [7, 11) is 0. The second-order valence-corrected chi connectivity index (χ2v) is 4.28. The Kier molecular flexibility index (Phi) is 5.95. The van der Waals surface area contributed by atoms with E-state index >= 15 is 0 Å². The number of halogens is 1. The Hall–Kier alpha value is -1.26. The number of nitrogens with zero attached hydrogens (tertiary/aromatic N) is 1. The lowest BCUT2D eigenvalue weighted by molar-refractivity contribution is -0.119. The van der Waals surface area contributed by atoms with Gasteiger partial charge in [0.15, 0.2) is 0 Å². The number of rotatable bonds is 3. The molecule has 5 heteroatoms. The Morgan fingerprint density at radius 1 is 1.33 bits per heavy atom. The summed E-state index contributed by atoms with van der Waals surface area (Å²) in [5, 5.41) is 6.20. The van der Waals surface area contributed by atoms with Crippen LogP contribution < -0.4 is 15.5 Å². The molecule has 2 rings (SSSR count). The van der Waals surface area contributed by atoms with Gasteiger partial charge < -0.3 is 15.5 Å². The van der Waals surface area contributed by atoms with E-state index in [-0.39, 0.29) is 18.3 Å². The van der Waals surface area contributed by atoms with E-state index in [4.69, 9.17) is 0 Å². The third-order valence-electron chi connectivity index (χ3n) is 2.98. The van der Waals surface area contributed by atoms with Gasteiger partial charge in [0, 0.05) is 45.3 Å². The van der Waals surface area contributed by atoms with Gasteiger partial charge in [0.05, 0.1) is 0 Å². The zero-order chi connectivity index (χ0) is 12.1. The molecule has 2 N–H and O–H groups in total. The predicted molar refractivity (Wildman–Crippen MR) is 76.3 cm³/mol. The van der Waals surface area contributed by atoms with Gasteiger partial charge in [0.25, 0.3) is 0 Å². The van der Waals surface area contributed by atoms with E-state index in [0.29, 0.717) is 6.54 Å². The first-order chi connectivity index (χ1) is 8.27. The van der Waals surface area contributed by atoms with Crippen LogP contribution in [0.2, 0.25) is 0 Å². The highest BCUT2D eigenvalue weighted by molar-refractivity contribution is 5.85. The number of nitrogens with one attached hydrogen (secondary N) is 2. The highest BCUT2D eigenvalue weighted by Gasteiger charge is 2.13. The molecule has 18 heavy (non-hydrogen) atoms. The van der Waals surface area contributed by atoms with Gasteiger partial charge in [-0.1, -0.05) is 18.2 Å². The van der Waals surface area contributed by atoms with Crippen molar-refractivity contribution in [2.24, 2.45) is 0 Å². The van der Waals surface area contributed by atoms with Gasteiger partial charge in [-0.15, -0.1) is 12.4 Å². The molecular weight excluding hydrogens is 250 g/mol. The molecule has 0 radical (unpaired) electrons. The van der Waals surface area contributed by atoms with E-state index in [1.54, 1.807) is 6.92 Å². The number of para-hydroxylation sites is 1. The van der Waals surface area contributed by atoms with E-state index < -0.39 is 0 Å². The molecular formula is C13H20ClN3O. The van der Waals surface area contributed by atoms with Crippen molar-refractivity contribution in [3.05, 3.63) is 29.8 Å². The van der Waals surface area contributed by atoms with Crippen LogP contribution in [0.4, 0.5) is 5.69 Å². The summed E-state index contributed by atoms with van der Waals surface area (Å²) in [5.41, 5.74) is 2.42. The topological polar surface area (TPSA) is 44.4 Å². The van der Waals surface area contributed by atoms with Gasteiger partial charge in [-0.25, -0.2) is 0 Å². The molecule has 1 aliphatic heterocycles. The van der Waals surface area contributed by atoms with Crippen molar-refractivity contribution in [3.8, 4) is 0 Å². The fourth-order valence-corrected chi connectivity index (χ4v) is 2.09. The number of anilines is 1. The summed E-state index contributed by atoms with van der Waals surface area (Å²) in [5.74, 6) is 0.0140. The van der Waals surface area contributed by atoms with Crippen molar-refractivity contribution >= 4 is 24.0 Å². The largest absolute Gasteiger partial charge is 0.369 e. The smallest absolute Gasteiger partial charge is 0.217 e. The van der Waals surface area contributed by atoms with Crippen LogP contribution in [-0.4, -0.2) is 32.1 Å². The Morgan fingerprint density at radius 2 is 2.00 bits per heavy atom. The van der Waals surface area contributed by atoms with Crippen molar-refractivity contribution in [2.45, 2.75) is 13.5 Å². The van der Waals surface area contributed by atoms with Gasteiger partial charge in [-0.3, -0.25) is 4.79 Å². The molecule has 1 aliphatic rings. The summed E-state index contributed by atoms with van der Waals surface area (Å²) in [6.45, 7) is 6.25. The van der Waals surface area contributed by atoms with Crippen LogP contribution in [-0.2, 0) is 11.3 Å². The summed E-state index contributed by atoms with van der Waals surface area (Å²) < 4.78 is 0. The quantitative estimate of drug-likeness (QED) is 0.865. The maximum Gasteiger partial charge on any atom is 0.217 e. The van der Waals surface area contributed by atoms with Crippen LogP contribution in [0.3, 0.4) is 0 Å². The number of carbonyl (C=O) groups is 1. The molecule has 1 saturated heterocycles.